The molecular formula is C13H18N4O2. The first kappa shape index (κ1) is 12.2. The quantitative estimate of drug-likeness (QED) is 0.733. The number of amides is 1. The van der Waals surface area contributed by atoms with E-state index >= 15 is 0 Å². The summed E-state index contributed by atoms with van der Waals surface area (Å²) in [7, 11) is 0. The Labute approximate surface area is 111 Å². The van der Waals surface area contributed by atoms with Crippen LogP contribution in [0.3, 0.4) is 0 Å². The summed E-state index contributed by atoms with van der Waals surface area (Å²) in [5.74, 6) is 0.718. The lowest BCUT2D eigenvalue weighted by atomic mass is 10.4. The first-order chi connectivity index (χ1) is 9.25. The van der Waals surface area contributed by atoms with Gasteiger partial charge in [-0.2, -0.15) is 0 Å². The lowest BCUT2D eigenvalue weighted by Gasteiger charge is -2.08. The molecule has 0 saturated heterocycles. The standard InChI is InChI=1S/C13H18N4O2/c18-12(9-1-2-9)16-6-5-14-11-13(19)17(8-7-15-11)10-3-4-10/h7-10H,1-6H2,(H,14,15)(H,16,18). The van der Waals surface area contributed by atoms with Gasteiger partial charge in [0, 0.05) is 37.4 Å². The Hall–Kier alpha value is -1.85. The normalized spacial score (nSPS) is 18.1. The van der Waals surface area contributed by atoms with Crippen LogP contribution in [0.4, 0.5) is 5.82 Å². The van der Waals surface area contributed by atoms with Gasteiger partial charge in [-0.05, 0) is 25.7 Å². The molecule has 1 heterocycles. The molecule has 1 amide bonds. The van der Waals surface area contributed by atoms with Crippen LogP contribution < -0.4 is 16.2 Å². The zero-order valence-electron chi connectivity index (χ0n) is 10.8. The Morgan fingerprint density at radius 2 is 2.11 bits per heavy atom. The minimum absolute atomic E-state index is 0.0708. The third-order valence-corrected chi connectivity index (χ3v) is 3.47. The van der Waals surface area contributed by atoms with Crippen molar-refractivity contribution in [2.24, 2.45) is 5.92 Å². The van der Waals surface area contributed by atoms with Crippen molar-refractivity contribution in [3.8, 4) is 0 Å². The van der Waals surface area contributed by atoms with Crippen molar-refractivity contribution >= 4 is 11.7 Å². The molecule has 0 atom stereocenters. The fourth-order valence-electron chi connectivity index (χ4n) is 2.04. The predicted molar refractivity (Wildman–Crippen MR) is 71.0 cm³/mol. The van der Waals surface area contributed by atoms with Gasteiger partial charge in [0.1, 0.15) is 0 Å². The molecule has 2 aliphatic carbocycles. The lowest BCUT2D eigenvalue weighted by molar-refractivity contribution is -0.122. The third-order valence-electron chi connectivity index (χ3n) is 3.47. The first-order valence-electron chi connectivity index (χ1n) is 6.84. The van der Waals surface area contributed by atoms with Crippen LogP contribution in [0.1, 0.15) is 31.7 Å². The fourth-order valence-corrected chi connectivity index (χ4v) is 2.04. The average molecular weight is 262 g/mol. The minimum atomic E-state index is -0.0708. The molecule has 0 radical (unpaired) electrons. The Kier molecular flexibility index (Phi) is 3.23. The van der Waals surface area contributed by atoms with Crippen LogP contribution in [0.2, 0.25) is 0 Å². The number of carbonyl (C=O) groups excluding carboxylic acids is 1. The highest BCUT2D eigenvalue weighted by molar-refractivity contribution is 5.80. The molecule has 19 heavy (non-hydrogen) atoms. The second-order valence-corrected chi connectivity index (χ2v) is 5.21. The van der Waals surface area contributed by atoms with E-state index < -0.39 is 0 Å². The van der Waals surface area contributed by atoms with Crippen molar-refractivity contribution in [2.75, 3.05) is 18.4 Å². The molecule has 6 heteroatoms. The molecule has 6 nitrogen and oxygen atoms in total. The van der Waals surface area contributed by atoms with Crippen LogP contribution in [0.25, 0.3) is 0 Å². The molecule has 0 aromatic carbocycles. The number of anilines is 1. The Morgan fingerprint density at radius 3 is 2.79 bits per heavy atom. The number of carbonyl (C=O) groups is 1. The molecule has 2 saturated carbocycles. The second-order valence-electron chi connectivity index (χ2n) is 5.21. The van der Waals surface area contributed by atoms with E-state index in [1.807, 2.05) is 0 Å². The molecule has 2 fully saturated rings. The number of nitrogens with one attached hydrogen (secondary N) is 2. The van der Waals surface area contributed by atoms with Gasteiger partial charge >= 0.3 is 0 Å². The van der Waals surface area contributed by atoms with Crippen molar-refractivity contribution in [1.29, 1.82) is 0 Å². The molecule has 1 aromatic rings. The first-order valence-corrected chi connectivity index (χ1v) is 6.84. The van der Waals surface area contributed by atoms with E-state index in [-0.39, 0.29) is 17.4 Å². The van der Waals surface area contributed by atoms with Gasteiger partial charge in [-0.3, -0.25) is 9.59 Å². The number of nitrogens with zero attached hydrogens (tertiary/aromatic N) is 2. The summed E-state index contributed by atoms with van der Waals surface area (Å²) in [5.41, 5.74) is -0.0708. The zero-order chi connectivity index (χ0) is 13.2. The van der Waals surface area contributed by atoms with Gasteiger partial charge in [-0.1, -0.05) is 0 Å². The maximum Gasteiger partial charge on any atom is 0.293 e. The van der Waals surface area contributed by atoms with Crippen LogP contribution in [0.5, 0.6) is 0 Å². The van der Waals surface area contributed by atoms with Crippen LogP contribution in [-0.2, 0) is 4.79 Å². The van der Waals surface area contributed by atoms with E-state index in [9.17, 15) is 9.59 Å². The van der Waals surface area contributed by atoms with Gasteiger partial charge < -0.3 is 15.2 Å². The summed E-state index contributed by atoms with van der Waals surface area (Å²) in [6, 6.07) is 0.352. The molecule has 1 aromatic heterocycles. The molecule has 102 valence electrons. The van der Waals surface area contributed by atoms with Crippen molar-refractivity contribution in [3.05, 3.63) is 22.7 Å². The zero-order valence-corrected chi connectivity index (χ0v) is 10.8. The highest BCUT2D eigenvalue weighted by Crippen LogP contribution is 2.33. The number of hydrogen-bond acceptors (Lipinski definition) is 4. The van der Waals surface area contributed by atoms with Crippen molar-refractivity contribution < 1.29 is 4.79 Å². The minimum Gasteiger partial charge on any atom is -0.364 e. The number of hydrogen-bond donors (Lipinski definition) is 2. The largest absolute Gasteiger partial charge is 0.364 e. The smallest absolute Gasteiger partial charge is 0.293 e. The Balaban J connectivity index is 1.50. The summed E-state index contributed by atoms with van der Waals surface area (Å²) in [5, 5.41) is 5.84. The summed E-state index contributed by atoms with van der Waals surface area (Å²) >= 11 is 0. The van der Waals surface area contributed by atoms with Gasteiger partial charge in [-0.25, -0.2) is 4.98 Å². The summed E-state index contributed by atoms with van der Waals surface area (Å²) in [6.07, 6.45) is 7.53. The molecule has 2 N–H and O–H groups in total. The Bertz CT molecular complexity index is 532. The molecule has 0 spiro atoms. The van der Waals surface area contributed by atoms with Gasteiger partial charge in [0.05, 0.1) is 0 Å². The molecule has 3 rings (SSSR count). The highest BCUT2D eigenvalue weighted by atomic mass is 16.2. The van der Waals surface area contributed by atoms with Gasteiger partial charge in [0.25, 0.3) is 5.56 Å². The fraction of sp³-hybridized carbons (Fsp3) is 0.615. The van der Waals surface area contributed by atoms with Gasteiger partial charge in [0.15, 0.2) is 5.82 Å². The SMILES string of the molecule is O=C(NCCNc1nccn(C2CC2)c1=O)C1CC1. The predicted octanol–water partition coefficient (Wildman–Crippen LogP) is 0.516. The highest BCUT2D eigenvalue weighted by Gasteiger charge is 2.29. The topological polar surface area (TPSA) is 76.0 Å². The molecular weight excluding hydrogens is 244 g/mol. The van der Waals surface area contributed by atoms with Gasteiger partial charge in [-0.15, -0.1) is 0 Å². The maximum atomic E-state index is 12.0. The van der Waals surface area contributed by atoms with E-state index in [2.05, 4.69) is 15.6 Å². The average Bonchev–Trinajstić information content (AvgIpc) is 3.29. The monoisotopic (exact) mass is 262 g/mol. The van der Waals surface area contributed by atoms with E-state index in [0.717, 1.165) is 25.7 Å². The molecule has 2 aliphatic rings. The maximum absolute atomic E-state index is 12.0. The third kappa shape index (κ3) is 2.94. The van der Waals surface area contributed by atoms with Crippen LogP contribution in [-0.4, -0.2) is 28.5 Å². The Morgan fingerprint density at radius 1 is 1.32 bits per heavy atom. The van der Waals surface area contributed by atoms with E-state index in [1.165, 1.54) is 0 Å². The summed E-state index contributed by atoms with van der Waals surface area (Å²) in [6.45, 7) is 1.05. The number of rotatable bonds is 6. The van der Waals surface area contributed by atoms with E-state index in [4.69, 9.17) is 0 Å². The van der Waals surface area contributed by atoms with Crippen molar-refractivity contribution in [1.82, 2.24) is 14.9 Å². The van der Waals surface area contributed by atoms with Crippen LogP contribution in [0, 0.1) is 5.92 Å². The van der Waals surface area contributed by atoms with Crippen LogP contribution in [0.15, 0.2) is 17.2 Å². The van der Waals surface area contributed by atoms with Gasteiger partial charge in [0.2, 0.25) is 5.91 Å². The second kappa shape index (κ2) is 5.03. The van der Waals surface area contributed by atoms with E-state index in [1.54, 1.807) is 17.0 Å². The molecule has 0 bridgehead atoms. The van der Waals surface area contributed by atoms with Crippen molar-refractivity contribution in [3.63, 3.8) is 0 Å². The lowest BCUT2D eigenvalue weighted by Crippen LogP contribution is -2.31. The number of aromatic nitrogens is 2. The summed E-state index contributed by atoms with van der Waals surface area (Å²) in [4.78, 5) is 27.5. The molecule has 0 unspecified atom stereocenters. The summed E-state index contributed by atoms with van der Waals surface area (Å²) < 4.78 is 1.73. The van der Waals surface area contributed by atoms with Crippen LogP contribution >= 0.6 is 0 Å². The molecule has 0 aliphatic heterocycles. The van der Waals surface area contributed by atoms with Crippen molar-refractivity contribution in [2.45, 2.75) is 31.7 Å². The van der Waals surface area contributed by atoms with E-state index in [0.29, 0.717) is 24.9 Å².